The Labute approximate surface area is 144 Å². The zero-order chi connectivity index (χ0) is 15.8. The topological polar surface area (TPSA) is 0 Å². The SMILES string of the molecule is CCCCCc1ccc(-c2ccc(CC(Br)CC)cc2)cc1. The van der Waals surface area contributed by atoms with Gasteiger partial charge in [-0.1, -0.05) is 91.1 Å². The van der Waals surface area contributed by atoms with Gasteiger partial charge >= 0.3 is 0 Å². The predicted octanol–water partition coefficient (Wildman–Crippen LogP) is 6.80. The van der Waals surface area contributed by atoms with Crippen LogP contribution in [0.4, 0.5) is 0 Å². The summed E-state index contributed by atoms with van der Waals surface area (Å²) in [7, 11) is 0. The zero-order valence-corrected chi connectivity index (χ0v) is 15.4. The number of benzene rings is 2. The van der Waals surface area contributed by atoms with Gasteiger partial charge in [0.2, 0.25) is 0 Å². The van der Waals surface area contributed by atoms with Crippen LogP contribution in [0.3, 0.4) is 0 Å². The molecule has 0 spiro atoms. The van der Waals surface area contributed by atoms with Crippen molar-refractivity contribution in [3.05, 3.63) is 59.7 Å². The van der Waals surface area contributed by atoms with Gasteiger partial charge in [0.1, 0.15) is 0 Å². The molecule has 2 aromatic carbocycles. The summed E-state index contributed by atoms with van der Waals surface area (Å²) in [5, 5.41) is 0. The number of unbranched alkanes of at least 4 members (excludes halogenated alkanes) is 2. The van der Waals surface area contributed by atoms with Crippen molar-refractivity contribution in [2.75, 3.05) is 0 Å². The fourth-order valence-electron chi connectivity index (χ4n) is 2.68. The Hall–Kier alpha value is -1.08. The van der Waals surface area contributed by atoms with Crippen LogP contribution in [0.5, 0.6) is 0 Å². The number of alkyl halides is 1. The molecule has 2 rings (SSSR count). The van der Waals surface area contributed by atoms with Gasteiger partial charge < -0.3 is 0 Å². The molecule has 0 aliphatic carbocycles. The first-order valence-electron chi connectivity index (χ1n) is 8.55. The number of halogens is 1. The van der Waals surface area contributed by atoms with E-state index in [0.717, 1.165) is 6.42 Å². The molecule has 0 aliphatic rings. The van der Waals surface area contributed by atoms with Crippen molar-refractivity contribution in [2.24, 2.45) is 0 Å². The van der Waals surface area contributed by atoms with E-state index in [-0.39, 0.29) is 0 Å². The first kappa shape index (κ1) is 17.3. The van der Waals surface area contributed by atoms with E-state index in [1.165, 1.54) is 54.4 Å². The molecule has 0 nitrogen and oxygen atoms in total. The van der Waals surface area contributed by atoms with Crippen molar-refractivity contribution in [1.82, 2.24) is 0 Å². The first-order chi connectivity index (χ1) is 10.7. The summed E-state index contributed by atoms with van der Waals surface area (Å²) in [5.41, 5.74) is 5.49. The molecule has 0 aliphatic heterocycles. The van der Waals surface area contributed by atoms with E-state index in [1.54, 1.807) is 0 Å². The van der Waals surface area contributed by atoms with Crippen molar-refractivity contribution >= 4 is 15.9 Å². The van der Waals surface area contributed by atoms with E-state index in [4.69, 9.17) is 0 Å². The maximum absolute atomic E-state index is 3.71. The summed E-state index contributed by atoms with van der Waals surface area (Å²) >= 11 is 3.71. The average Bonchev–Trinajstić information content (AvgIpc) is 2.56. The summed E-state index contributed by atoms with van der Waals surface area (Å²) < 4.78 is 0. The van der Waals surface area contributed by atoms with Gasteiger partial charge in [-0.2, -0.15) is 0 Å². The maximum Gasteiger partial charge on any atom is 0.0183 e. The third kappa shape index (κ3) is 5.28. The van der Waals surface area contributed by atoms with E-state index in [2.05, 4.69) is 78.3 Å². The Kier molecular flexibility index (Phi) is 7.18. The van der Waals surface area contributed by atoms with Gasteiger partial charge in [0.25, 0.3) is 0 Å². The fraction of sp³-hybridized carbons (Fsp3) is 0.429. The minimum absolute atomic E-state index is 0.584. The van der Waals surface area contributed by atoms with E-state index < -0.39 is 0 Å². The van der Waals surface area contributed by atoms with Crippen molar-refractivity contribution in [3.63, 3.8) is 0 Å². The molecule has 0 heterocycles. The van der Waals surface area contributed by atoms with Gasteiger partial charge in [-0.15, -0.1) is 0 Å². The van der Waals surface area contributed by atoms with Gasteiger partial charge in [0, 0.05) is 4.83 Å². The van der Waals surface area contributed by atoms with Gasteiger partial charge in [-0.05, 0) is 47.9 Å². The van der Waals surface area contributed by atoms with E-state index in [0.29, 0.717) is 4.83 Å². The molecule has 1 unspecified atom stereocenters. The normalized spacial score (nSPS) is 12.3. The molecule has 0 radical (unpaired) electrons. The number of rotatable bonds is 8. The third-order valence-corrected chi connectivity index (χ3v) is 5.18. The van der Waals surface area contributed by atoms with Crippen molar-refractivity contribution in [2.45, 2.75) is 57.2 Å². The highest BCUT2D eigenvalue weighted by molar-refractivity contribution is 9.09. The average molecular weight is 359 g/mol. The quantitative estimate of drug-likeness (QED) is 0.359. The lowest BCUT2D eigenvalue weighted by molar-refractivity contribution is 0.717. The van der Waals surface area contributed by atoms with Gasteiger partial charge in [0.05, 0.1) is 0 Å². The lowest BCUT2D eigenvalue weighted by Gasteiger charge is -2.08. The molecule has 0 amide bonds. The molecular weight excluding hydrogens is 332 g/mol. The van der Waals surface area contributed by atoms with Crippen molar-refractivity contribution in [3.8, 4) is 11.1 Å². The standard InChI is InChI=1S/C21H27Br/c1-3-5-6-7-17-8-12-19(13-9-17)20-14-10-18(11-15-20)16-21(22)4-2/h8-15,21H,3-7,16H2,1-2H3. The monoisotopic (exact) mass is 358 g/mol. The Balaban J connectivity index is 1.99. The molecular formula is C21H27Br. The largest absolute Gasteiger partial charge is 0.0887 e. The van der Waals surface area contributed by atoms with E-state index in [9.17, 15) is 0 Å². The molecule has 118 valence electrons. The van der Waals surface area contributed by atoms with Gasteiger partial charge in [-0.25, -0.2) is 0 Å². The van der Waals surface area contributed by atoms with Gasteiger partial charge in [-0.3, -0.25) is 0 Å². The molecule has 2 aromatic rings. The molecule has 1 atom stereocenters. The molecule has 1 heteroatoms. The fourth-order valence-corrected chi connectivity index (χ4v) is 3.05. The Bertz CT molecular complexity index is 539. The van der Waals surface area contributed by atoms with Crippen LogP contribution in [0.1, 0.15) is 50.7 Å². The molecule has 0 bridgehead atoms. The second kappa shape index (κ2) is 9.15. The van der Waals surface area contributed by atoms with Crippen LogP contribution in [0.2, 0.25) is 0 Å². The summed E-state index contributed by atoms with van der Waals surface area (Å²) in [5.74, 6) is 0. The van der Waals surface area contributed by atoms with Crippen molar-refractivity contribution in [1.29, 1.82) is 0 Å². The first-order valence-corrected chi connectivity index (χ1v) is 9.46. The zero-order valence-electron chi connectivity index (χ0n) is 13.8. The van der Waals surface area contributed by atoms with Crippen LogP contribution in [0.25, 0.3) is 11.1 Å². The lowest BCUT2D eigenvalue weighted by atomic mass is 9.99. The highest BCUT2D eigenvalue weighted by atomic mass is 79.9. The Morgan fingerprint density at radius 2 is 1.32 bits per heavy atom. The number of hydrogen-bond acceptors (Lipinski definition) is 0. The summed E-state index contributed by atoms with van der Waals surface area (Å²) in [6.07, 6.45) is 7.40. The summed E-state index contributed by atoms with van der Waals surface area (Å²) in [6.45, 7) is 4.47. The molecule has 0 aromatic heterocycles. The second-order valence-electron chi connectivity index (χ2n) is 6.06. The molecule has 0 fully saturated rings. The molecule has 0 saturated carbocycles. The lowest BCUT2D eigenvalue weighted by Crippen LogP contribution is -2.00. The van der Waals surface area contributed by atoms with Gasteiger partial charge in [0.15, 0.2) is 0 Å². The maximum atomic E-state index is 3.71. The predicted molar refractivity (Wildman–Crippen MR) is 102 cm³/mol. The number of hydrogen-bond donors (Lipinski definition) is 0. The highest BCUT2D eigenvalue weighted by Crippen LogP contribution is 2.22. The summed E-state index contributed by atoms with van der Waals surface area (Å²) in [6, 6.07) is 18.1. The number of aryl methyl sites for hydroxylation is 1. The minimum atomic E-state index is 0.584. The van der Waals surface area contributed by atoms with Crippen LogP contribution in [-0.2, 0) is 12.8 Å². The molecule has 0 N–H and O–H groups in total. The smallest absolute Gasteiger partial charge is 0.0183 e. The highest BCUT2D eigenvalue weighted by Gasteiger charge is 2.04. The molecule has 0 saturated heterocycles. The Morgan fingerprint density at radius 3 is 1.82 bits per heavy atom. The third-order valence-electron chi connectivity index (χ3n) is 4.21. The van der Waals surface area contributed by atoms with Crippen molar-refractivity contribution < 1.29 is 0 Å². The van der Waals surface area contributed by atoms with Crippen LogP contribution < -0.4 is 0 Å². The van der Waals surface area contributed by atoms with Crippen LogP contribution in [-0.4, -0.2) is 4.83 Å². The molecule has 22 heavy (non-hydrogen) atoms. The Morgan fingerprint density at radius 1 is 0.773 bits per heavy atom. The van der Waals surface area contributed by atoms with Crippen LogP contribution >= 0.6 is 15.9 Å². The van der Waals surface area contributed by atoms with E-state index in [1.807, 2.05) is 0 Å². The second-order valence-corrected chi connectivity index (χ2v) is 7.36. The van der Waals surface area contributed by atoms with E-state index >= 15 is 0 Å². The minimum Gasteiger partial charge on any atom is -0.0887 e. The van der Waals surface area contributed by atoms with Crippen LogP contribution in [0, 0.1) is 0 Å². The van der Waals surface area contributed by atoms with Crippen LogP contribution in [0.15, 0.2) is 48.5 Å². The summed E-state index contributed by atoms with van der Waals surface area (Å²) in [4.78, 5) is 0.584.